The Kier molecular flexibility index (Phi) is 6.83. The van der Waals surface area contributed by atoms with Crippen molar-refractivity contribution in [3.05, 3.63) is 106 Å². The Labute approximate surface area is 201 Å². The number of nitriles is 1. The number of benzene rings is 3. The summed E-state index contributed by atoms with van der Waals surface area (Å²) in [6.45, 7) is 1.89. The summed E-state index contributed by atoms with van der Waals surface area (Å²) in [5.74, 6) is -0.750. The minimum Gasteiger partial charge on any atom is -0.321 e. The van der Waals surface area contributed by atoms with Gasteiger partial charge in [-0.15, -0.1) is 0 Å². The molecule has 3 aromatic rings. The summed E-state index contributed by atoms with van der Waals surface area (Å²) in [7, 11) is 0. The molecule has 5 nitrogen and oxygen atoms in total. The lowest BCUT2D eigenvalue weighted by molar-refractivity contribution is -0.117. The lowest BCUT2D eigenvalue weighted by atomic mass is 10.1. The number of amides is 2. The summed E-state index contributed by atoms with van der Waals surface area (Å²) in [4.78, 5) is 28.1. The number of carbonyl (C=O) groups excluding carboxylic acids is 2. The molecule has 0 bridgehead atoms. The molecule has 1 fully saturated rings. The van der Waals surface area contributed by atoms with Crippen LogP contribution < -0.4 is 10.2 Å². The van der Waals surface area contributed by atoms with Gasteiger partial charge < -0.3 is 5.32 Å². The van der Waals surface area contributed by atoms with Crippen molar-refractivity contribution >= 4 is 46.6 Å². The Balaban J connectivity index is 1.76. The van der Waals surface area contributed by atoms with Gasteiger partial charge in [-0.05, 0) is 48.7 Å². The van der Waals surface area contributed by atoms with Gasteiger partial charge >= 0.3 is 0 Å². The average molecular weight is 474 g/mol. The molecule has 1 unspecified atom stereocenters. The number of halogens is 1. The average Bonchev–Trinajstić information content (AvgIpc) is 3.12. The highest BCUT2D eigenvalue weighted by molar-refractivity contribution is 8.05. The summed E-state index contributed by atoms with van der Waals surface area (Å²) in [6.07, 6.45) is 0.383. The van der Waals surface area contributed by atoms with E-state index in [0.29, 0.717) is 27.8 Å². The van der Waals surface area contributed by atoms with E-state index < -0.39 is 11.2 Å². The highest BCUT2D eigenvalue weighted by Crippen LogP contribution is 2.43. The molecule has 0 aromatic heterocycles. The molecule has 1 heterocycles. The third-order valence-electron chi connectivity index (χ3n) is 5.26. The largest absolute Gasteiger partial charge is 0.321 e. The van der Waals surface area contributed by atoms with Gasteiger partial charge in [-0.3, -0.25) is 14.5 Å². The van der Waals surface area contributed by atoms with Crippen molar-refractivity contribution in [2.24, 2.45) is 0 Å². The fourth-order valence-corrected chi connectivity index (χ4v) is 5.10. The zero-order valence-corrected chi connectivity index (χ0v) is 19.4. The van der Waals surface area contributed by atoms with Crippen LogP contribution in [0.4, 0.5) is 11.4 Å². The number of hydrogen-bond donors (Lipinski definition) is 1. The Morgan fingerprint density at radius 3 is 2.42 bits per heavy atom. The Hall–Kier alpha value is -3.53. The maximum absolute atomic E-state index is 13.6. The fourth-order valence-electron chi connectivity index (χ4n) is 3.60. The molecule has 0 spiro atoms. The van der Waals surface area contributed by atoms with Gasteiger partial charge in [-0.25, -0.2) is 0 Å². The van der Waals surface area contributed by atoms with Crippen LogP contribution >= 0.6 is 23.4 Å². The zero-order chi connectivity index (χ0) is 23.4. The normalized spacial score (nSPS) is 16.9. The summed E-state index contributed by atoms with van der Waals surface area (Å²) in [5.41, 5.74) is 2.81. The topological polar surface area (TPSA) is 73.2 Å². The van der Waals surface area contributed by atoms with E-state index >= 15 is 0 Å². The molecule has 164 valence electrons. The van der Waals surface area contributed by atoms with E-state index in [-0.39, 0.29) is 11.5 Å². The van der Waals surface area contributed by atoms with Crippen molar-refractivity contribution in [3.63, 3.8) is 0 Å². The lowest BCUT2D eigenvalue weighted by Gasteiger charge is -2.20. The SMILES string of the molecule is Cc1ccccc1N1C(=O)C(Cc2ccccc2Cl)SC1=C(C#N)C(=O)Nc1ccccc1. The maximum Gasteiger partial charge on any atom is 0.269 e. The van der Waals surface area contributed by atoms with Crippen LogP contribution in [-0.4, -0.2) is 17.1 Å². The van der Waals surface area contributed by atoms with Gasteiger partial charge in [-0.2, -0.15) is 5.26 Å². The molecule has 3 aromatic carbocycles. The van der Waals surface area contributed by atoms with Crippen LogP contribution in [0.1, 0.15) is 11.1 Å². The van der Waals surface area contributed by atoms with Crippen LogP contribution in [0.5, 0.6) is 0 Å². The predicted octanol–water partition coefficient (Wildman–Crippen LogP) is 5.71. The number of nitrogens with zero attached hydrogens (tertiary/aromatic N) is 2. The quantitative estimate of drug-likeness (QED) is 0.380. The number of carbonyl (C=O) groups is 2. The van der Waals surface area contributed by atoms with Gasteiger partial charge in [-0.1, -0.05) is 78.0 Å². The number of hydrogen-bond acceptors (Lipinski definition) is 4. The number of thioether (sulfide) groups is 1. The number of aryl methyl sites for hydroxylation is 1. The van der Waals surface area contributed by atoms with Gasteiger partial charge in [0.2, 0.25) is 5.91 Å². The minimum absolute atomic E-state index is 0.109. The molecule has 1 aliphatic heterocycles. The molecule has 1 atom stereocenters. The molecule has 1 aliphatic rings. The molecule has 0 saturated carbocycles. The Bertz CT molecular complexity index is 1280. The van der Waals surface area contributed by atoms with Crippen molar-refractivity contribution in [1.82, 2.24) is 0 Å². The monoisotopic (exact) mass is 473 g/mol. The lowest BCUT2D eigenvalue weighted by Crippen LogP contribution is -2.31. The van der Waals surface area contributed by atoms with Crippen LogP contribution in [0.2, 0.25) is 5.02 Å². The number of para-hydroxylation sites is 2. The Morgan fingerprint density at radius 1 is 1.06 bits per heavy atom. The van der Waals surface area contributed by atoms with E-state index in [2.05, 4.69) is 5.32 Å². The molecule has 4 rings (SSSR count). The molecule has 1 saturated heterocycles. The van der Waals surface area contributed by atoms with E-state index in [1.807, 2.05) is 61.5 Å². The molecular weight excluding hydrogens is 454 g/mol. The molecule has 7 heteroatoms. The van der Waals surface area contributed by atoms with E-state index in [0.717, 1.165) is 11.1 Å². The predicted molar refractivity (Wildman–Crippen MR) is 133 cm³/mol. The highest BCUT2D eigenvalue weighted by Gasteiger charge is 2.41. The summed E-state index contributed by atoms with van der Waals surface area (Å²) >= 11 is 7.55. The van der Waals surface area contributed by atoms with E-state index in [4.69, 9.17) is 11.6 Å². The standard InChI is InChI=1S/C26H20ClN3O2S/c1-17-9-5-8-14-22(17)30-25(32)23(15-18-10-6-7-13-21(18)27)33-26(30)20(16-28)24(31)29-19-11-3-2-4-12-19/h2-14,23H,15H2,1H3,(H,29,31). The number of anilines is 2. The first-order valence-corrected chi connectivity index (χ1v) is 11.6. The summed E-state index contributed by atoms with van der Waals surface area (Å²) in [6, 6.07) is 25.7. The van der Waals surface area contributed by atoms with Gasteiger partial charge in [0.25, 0.3) is 5.91 Å². The van der Waals surface area contributed by atoms with Gasteiger partial charge in [0.05, 0.1) is 10.9 Å². The molecule has 0 aliphatic carbocycles. The first-order chi connectivity index (χ1) is 16.0. The van der Waals surface area contributed by atoms with Gasteiger partial charge in [0.1, 0.15) is 16.7 Å². The smallest absolute Gasteiger partial charge is 0.269 e. The number of rotatable bonds is 5. The number of nitrogens with one attached hydrogen (secondary N) is 1. The second-order valence-electron chi connectivity index (χ2n) is 7.47. The van der Waals surface area contributed by atoms with E-state index in [9.17, 15) is 14.9 Å². The first kappa shape index (κ1) is 22.7. The third kappa shape index (κ3) is 4.80. The van der Waals surface area contributed by atoms with Crippen LogP contribution in [0.3, 0.4) is 0 Å². The van der Waals surface area contributed by atoms with Crippen molar-refractivity contribution < 1.29 is 9.59 Å². The van der Waals surface area contributed by atoms with Crippen LogP contribution in [0.15, 0.2) is 89.5 Å². The molecule has 1 N–H and O–H groups in total. The first-order valence-electron chi connectivity index (χ1n) is 10.3. The zero-order valence-electron chi connectivity index (χ0n) is 17.8. The molecule has 0 radical (unpaired) electrons. The highest BCUT2D eigenvalue weighted by atomic mass is 35.5. The van der Waals surface area contributed by atoms with E-state index in [1.165, 1.54) is 16.7 Å². The van der Waals surface area contributed by atoms with Crippen molar-refractivity contribution in [3.8, 4) is 6.07 Å². The second-order valence-corrected chi connectivity index (χ2v) is 9.07. The van der Waals surface area contributed by atoms with Crippen LogP contribution in [0, 0.1) is 18.3 Å². The van der Waals surface area contributed by atoms with Crippen molar-refractivity contribution in [2.75, 3.05) is 10.2 Å². The van der Waals surface area contributed by atoms with Crippen molar-refractivity contribution in [1.29, 1.82) is 5.26 Å². The summed E-state index contributed by atoms with van der Waals surface area (Å²) in [5, 5.41) is 13.1. The fraction of sp³-hybridized carbons (Fsp3) is 0.115. The molecular formula is C26H20ClN3O2S. The summed E-state index contributed by atoms with van der Waals surface area (Å²) < 4.78 is 0. The van der Waals surface area contributed by atoms with Gasteiger partial charge in [0, 0.05) is 10.7 Å². The second kappa shape index (κ2) is 9.95. The van der Waals surface area contributed by atoms with Crippen molar-refractivity contribution in [2.45, 2.75) is 18.6 Å². The minimum atomic E-state index is -0.559. The van der Waals surface area contributed by atoms with Gasteiger partial charge in [0.15, 0.2) is 0 Å². The van der Waals surface area contributed by atoms with Crippen LogP contribution in [0.25, 0.3) is 0 Å². The molecule has 33 heavy (non-hydrogen) atoms. The van der Waals surface area contributed by atoms with Crippen LogP contribution in [-0.2, 0) is 16.0 Å². The third-order valence-corrected chi connectivity index (χ3v) is 6.89. The maximum atomic E-state index is 13.6. The Morgan fingerprint density at radius 2 is 1.73 bits per heavy atom. The van der Waals surface area contributed by atoms with E-state index in [1.54, 1.807) is 30.3 Å². The molecule has 2 amide bonds.